The lowest BCUT2D eigenvalue weighted by Gasteiger charge is -2.23. The Hall–Kier alpha value is -1.28. The van der Waals surface area contributed by atoms with Gasteiger partial charge in [0, 0.05) is 0 Å². The Labute approximate surface area is 124 Å². The zero-order valence-corrected chi connectivity index (χ0v) is 13.5. The van der Waals surface area contributed by atoms with Crippen molar-refractivity contribution in [3.8, 4) is 5.75 Å². The Morgan fingerprint density at radius 2 is 2.00 bits per heavy atom. The van der Waals surface area contributed by atoms with E-state index in [4.69, 9.17) is 4.74 Å². The van der Waals surface area contributed by atoms with E-state index >= 15 is 0 Å². The van der Waals surface area contributed by atoms with Crippen molar-refractivity contribution in [1.82, 2.24) is 0 Å². The summed E-state index contributed by atoms with van der Waals surface area (Å²) in [6, 6.07) is 6.48. The molecule has 2 nitrogen and oxygen atoms in total. The zero-order chi connectivity index (χ0) is 15.0. The molecule has 0 aliphatic heterocycles. The van der Waals surface area contributed by atoms with Crippen LogP contribution in [0, 0.1) is 6.92 Å². The third kappa shape index (κ3) is 5.79. The molecule has 1 aromatic carbocycles. The van der Waals surface area contributed by atoms with E-state index in [0.717, 1.165) is 31.9 Å². The molecule has 0 bridgehead atoms. The van der Waals surface area contributed by atoms with Crippen molar-refractivity contribution in [2.75, 3.05) is 19.7 Å². The van der Waals surface area contributed by atoms with Crippen molar-refractivity contribution >= 4 is 0 Å². The largest absolute Gasteiger partial charge is 0.493 e. The van der Waals surface area contributed by atoms with E-state index in [1.54, 1.807) is 0 Å². The number of quaternary nitrogens is 1. The third-order valence-corrected chi connectivity index (χ3v) is 3.34. The maximum Gasteiger partial charge on any atom is 0.123 e. The van der Waals surface area contributed by atoms with Crippen LogP contribution in [0.3, 0.4) is 0 Å². The average molecular weight is 276 g/mol. The van der Waals surface area contributed by atoms with Gasteiger partial charge in [0.25, 0.3) is 0 Å². The lowest BCUT2D eigenvalue weighted by Crippen LogP contribution is -2.83. The van der Waals surface area contributed by atoms with Gasteiger partial charge in [0.15, 0.2) is 0 Å². The molecule has 1 rings (SSSR count). The fraction of sp³-hybridized carbons (Fsp3) is 0.556. The second-order valence-electron chi connectivity index (χ2n) is 6.41. The van der Waals surface area contributed by atoms with Gasteiger partial charge in [0.05, 0.1) is 19.7 Å². The van der Waals surface area contributed by atoms with Crippen LogP contribution in [0.15, 0.2) is 30.9 Å². The number of benzene rings is 1. The van der Waals surface area contributed by atoms with Gasteiger partial charge in [0.1, 0.15) is 5.75 Å². The van der Waals surface area contributed by atoms with Crippen LogP contribution >= 0.6 is 0 Å². The maximum atomic E-state index is 5.99. The molecule has 20 heavy (non-hydrogen) atoms. The quantitative estimate of drug-likeness (QED) is 0.572. The predicted molar refractivity (Wildman–Crippen MR) is 86.5 cm³/mol. The van der Waals surface area contributed by atoms with E-state index < -0.39 is 0 Å². The van der Waals surface area contributed by atoms with Gasteiger partial charge in [-0.15, -0.1) is 0 Å². The van der Waals surface area contributed by atoms with E-state index in [9.17, 15) is 0 Å². The molecule has 2 heteroatoms. The third-order valence-electron chi connectivity index (χ3n) is 3.34. The van der Waals surface area contributed by atoms with Crippen molar-refractivity contribution in [2.45, 2.75) is 46.0 Å². The molecule has 0 saturated carbocycles. The summed E-state index contributed by atoms with van der Waals surface area (Å²) < 4.78 is 5.99. The maximum absolute atomic E-state index is 5.99. The van der Waals surface area contributed by atoms with Gasteiger partial charge in [-0.25, -0.2) is 0 Å². The molecule has 0 fully saturated rings. The van der Waals surface area contributed by atoms with Gasteiger partial charge in [-0.2, -0.15) is 0 Å². The van der Waals surface area contributed by atoms with Crippen LogP contribution in [0.2, 0.25) is 0 Å². The number of hydrogen-bond donors (Lipinski definition) is 1. The van der Waals surface area contributed by atoms with E-state index in [1.807, 2.05) is 6.08 Å². The highest BCUT2D eigenvalue weighted by Gasteiger charge is 2.18. The van der Waals surface area contributed by atoms with Crippen molar-refractivity contribution in [1.29, 1.82) is 0 Å². The fourth-order valence-electron chi connectivity index (χ4n) is 2.16. The minimum absolute atomic E-state index is 0.124. The molecule has 0 aliphatic rings. The van der Waals surface area contributed by atoms with Crippen molar-refractivity contribution in [3.05, 3.63) is 42.0 Å². The van der Waals surface area contributed by atoms with Crippen LogP contribution in [-0.4, -0.2) is 19.7 Å². The molecule has 0 amide bonds. The number of nitrogens with two attached hydrogens (primary N) is 1. The smallest absolute Gasteiger partial charge is 0.123 e. The van der Waals surface area contributed by atoms with Crippen molar-refractivity contribution in [3.63, 3.8) is 0 Å². The average Bonchev–Trinajstić information content (AvgIpc) is 2.38. The second-order valence-corrected chi connectivity index (χ2v) is 6.41. The van der Waals surface area contributed by atoms with Crippen LogP contribution in [0.4, 0.5) is 0 Å². The monoisotopic (exact) mass is 276 g/mol. The SMILES string of the molecule is C=CC[NH2+]CCCCOc1ccc(C)cc1C(C)(C)C. The summed E-state index contributed by atoms with van der Waals surface area (Å²) in [7, 11) is 0. The van der Waals surface area contributed by atoms with Crippen molar-refractivity contribution < 1.29 is 10.1 Å². The van der Waals surface area contributed by atoms with Crippen LogP contribution in [0.1, 0.15) is 44.7 Å². The summed E-state index contributed by atoms with van der Waals surface area (Å²) in [5.41, 5.74) is 2.72. The first-order valence-electron chi connectivity index (χ1n) is 7.61. The summed E-state index contributed by atoms with van der Waals surface area (Å²) in [6.45, 7) is 15.5. The number of aryl methyl sites for hydroxylation is 1. The van der Waals surface area contributed by atoms with Gasteiger partial charge in [0.2, 0.25) is 0 Å². The van der Waals surface area contributed by atoms with Gasteiger partial charge in [-0.1, -0.05) is 45.0 Å². The molecule has 0 saturated heterocycles. The normalized spacial score (nSPS) is 11.4. The highest BCUT2D eigenvalue weighted by molar-refractivity contribution is 5.41. The Kier molecular flexibility index (Phi) is 6.80. The highest BCUT2D eigenvalue weighted by Crippen LogP contribution is 2.32. The molecule has 0 heterocycles. The van der Waals surface area contributed by atoms with Gasteiger partial charge >= 0.3 is 0 Å². The first kappa shape index (κ1) is 16.8. The molecule has 2 N–H and O–H groups in total. The van der Waals surface area contributed by atoms with E-state index in [-0.39, 0.29) is 5.41 Å². The minimum atomic E-state index is 0.124. The molecular weight excluding hydrogens is 246 g/mol. The summed E-state index contributed by atoms with van der Waals surface area (Å²) in [5.74, 6) is 1.04. The number of rotatable bonds is 8. The standard InChI is InChI=1S/C18H29NO/c1-6-11-19-12-7-8-13-20-17-10-9-15(2)14-16(17)18(3,4)5/h6,9-10,14,19H,1,7-8,11-13H2,2-5H3/p+1. The summed E-state index contributed by atoms with van der Waals surface area (Å²) in [6.07, 6.45) is 4.23. The summed E-state index contributed by atoms with van der Waals surface area (Å²) >= 11 is 0. The van der Waals surface area contributed by atoms with Crippen LogP contribution in [0.25, 0.3) is 0 Å². The number of ether oxygens (including phenoxy) is 1. The lowest BCUT2D eigenvalue weighted by molar-refractivity contribution is -0.646. The molecule has 0 aromatic heterocycles. The molecule has 1 aromatic rings. The summed E-state index contributed by atoms with van der Waals surface area (Å²) in [5, 5.41) is 2.28. The van der Waals surface area contributed by atoms with Crippen LogP contribution in [-0.2, 0) is 5.41 Å². The van der Waals surface area contributed by atoms with E-state index in [2.05, 4.69) is 57.8 Å². The molecule has 0 aliphatic carbocycles. The van der Waals surface area contributed by atoms with Crippen molar-refractivity contribution in [2.24, 2.45) is 0 Å². The first-order chi connectivity index (χ1) is 9.45. The van der Waals surface area contributed by atoms with Gasteiger partial charge < -0.3 is 10.1 Å². The molecule has 0 radical (unpaired) electrons. The van der Waals surface area contributed by atoms with Crippen LogP contribution < -0.4 is 10.1 Å². The molecule has 0 spiro atoms. The number of unbranched alkanes of at least 4 members (excludes halogenated alkanes) is 1. The van der Waals surface area contributed by atoms with Crippen LogP contribution in [0.5, 0.6) is 5.75 Å². The molecular formula is C18H30NO+. The topological polar surface area (TPSA) is 25.8 Å². The molecule has 0 atom stereocenters. The fourth-order valence-corrected chi connectivity index (χ4v) is 2.16. The Morgan fingerprint density at radius 3 is 2.65 bits per heavy atom. The van der Waals surface area contributed by atoms with Gasteiger partial charge in [-0.3, -0.25) is 0 Å². The minimum Gasteiger partial charge on any atom is -0.493 e. The Morgan fingerprint density at radius 1 is 1.25 bits per heavy atom. The molecule has 0 unspecified atom stereocenters. The second kappa shape index (κ2) is 8.11. The van der Waals surface area contributed by atoms with Gasteiger partial charge in [-0.05, 0) is 42.9 Å². The van der Waals surface area contributed by atoms with E-state index in [0.29, 0.717) is 0 Å². The van der Waals surface area contributed by atoms with E-state index in [1.165, 1.54) is 17.5 Å². The molecule has 112 valence electrons. The lowest BCUT2D eigenvalue weighted by atomic mass is 9.85. The summed E-state index contributed by atoms with van der Waals surface area (Å²) in [4.78, 5) is 0. The Balaban J connectivity index is 2.46. The highest BCUT2D eigenvalue weighted by atomic mass is 16.5. The Bertz CT molecular complexity index is 418. The number of hydrogen-bond acceptors (Lipinski definition) is 1. The predicted octanol–water partition coefficient (Wildman–Crippen LogP) is 3.20. The first-order valence-corrected chi connectivity index (χ1v) is 7.61. The zero-order valence-electron chi connectivity index (χ0n) is 13.5.